The van der Waals surface area contributed by atoms with Gasteiger partial charge in [0.25, 0.3) is 11.8 Å². The number of amides is 3. The topological polar surface area (TPSA) is 174 Å². The van der Waals surface area contributed by atoms with Crippen molar-refractivity contribution in [1.29, 1.82) is 5.41 Å². The minimum Gasteiger partial charge on any atom is -0.388 e. The summed E-state index contributed by atoms with van der Waals surface area (Å²) in [6.07, 6.45) is 13.5. The number of pyridine rings is 1. The summed E-state index contributed by atoms with van der Waals surface area (Å²) in [6.45, 7) is 3.03. The first-order chi connectivity index (χ1) is 23.8. The minimum atomic E-state index is -1.16. The number of nitrogens with two attached hydrogens (primary N) is 1. The van der Waals surface area contributed by atoms with Crippen LogP contribution < -0.4 is 21.7 Å². The van der Waals surface area contributed by atoms with E-state index in [0.29, 0.717) is 36.4 Å². The maximum atomic E-state index is 13.1. The SMILES string of the molecule is N=C(/C(=C\NC1CC(CNc2ccc3c(c2)C(=O)N(C(CCC=O)C(N)=O)C3=O)C1)c1cc(NC2CCN(C3CC3)CC2)ccn1)C1CC1. The van der Waals surface area contributed by atoms with E-state index in [0.717, 1.165) is 85.2 Å². The van der Waals surface area contributed by atoms with Gasteiger partial charge in [0.2, 0.25) is 5.91 Å². The summed E-state index contributed by atoms with van der Waals surface area (Å²) in [4.78, 5) is 57.1. The van der Waals surface area contributed by atoms with Gasteiger partial charge < -0.3 is 36.8 Å². The van der Waals surface area contributed by atoms with E-state index in [2.05, 4.69) is 31.9 Å². The maximum absolute atomic E-state index is 13.1. The van der Waals surface area contributed by atoms with Crippen LogP contribution in [-0.2, 0) is 9.59 Å². The van der Waals surface area contributed by atoms with E-state index >= 15 is 0 Å². The van der Waals surface area contributed by atoms with Crippen molar-refractivity contribution in [3.05, 3.63) is 59.5 Å². The minimum absolute atomic E-state index is 0.00452. The maximum Gasteiger partial charge on any atom is 0.262 e. The van der Waals surface area contributed by atoms with E-state index in [-0.39, 0.29) is 30.0 Å². The van der Waals surface area contributed by atoms with Crippen molar-refractivity contribution < 1.29 is 19.2 Å². The molecular formula is C37H46N8O4. The van der Waals surface area contributed by atoms with Crippen LogP contribution in [-0.4, -0.2) is 88.3 Å². The highest BCUT2D eigenvalue weighted by Gasteiger charge is 2.42. The lowest BCUT2D eigenvalue weighted by Gasteiger charge is -2.36. The van der Waals surface area contributed by atoms with E-state index < -0.39 is 23.8 Å². The molecule has 3 amide bonds. The molecule has 2 aromatic rings. The molecule has 5 aliphatic rings. The highest BCUT2D eigenvalue weighted by atomic mass is 16.2. The summed E-state index contributed by atoms with van der Waals surface area (Å²) in [5.74, 6) is -1.24. The fourth-order valence-corrected chi connectivity index (χ4v) is 7.41. The average Bonchev–Trinajstić information content (AvgIpc) is 4.01. The lowest BCUT2D eigenvalue weighted by atomic mass is 9.80. The molecule has 1 saturated heterocycles. The molecule has 0 bridgehead atoms. The smallest absolute Gasteiger partial charge is 0.262 e. The molecule has 3 heterocycles. The zero-order chi connectivity index (χ0) is 34.1. The number of hydrogen-bond acceptors (Lipinski definition) is 10. The molecule has 4 fully saturated rings. The van der Waals surface area contributed by atoms with Crippen molar-refractivity contribution >= 4 is 46.7 Å². The first-order valence-corrected chi connectivity index (χ1v) is 17.8. The van der Waals surface area contributed by atoms with Crippen LogP contribution in [0.3, 0.4) is 0 Å². The highest BCUT2D eigenvalue weighted by molar-refractivity contribution is 6.24. The number of anilines is 2. The van der Waals surface area contributed by atoms with Crippen LogP contribution in [0.15, 0.2) is 42.7 Å². The number of aldehydes is 1. The Labute approximate surface area is 286 Å². The van der Waals surface area contributed by atoms with Crippen LogP contribution in [0.25, 0.3) is 5.57 Å². The molecule has 12 heteroatoms. The third-order valence-electron chi connectivity index (χ3n) is 10.7. The number of carbonyl (C=O) groups excluding carboxylic acids is 4. The number of benzene rings is 1. The van der Waals surface area contributed by atoms with Crippen LogP contribution in [0.1, 0.15) is 90.6 Å². The summed E-state index contributed by atoms with van der Waals surface area (Å²) in [7, 11) is 0. The van der Waals surface area contributed by atoms with Crippen LogP contribution in [0.4, 0.5) is 11.4 Å². The second-order valence-corrected chi connectivity index (χ2v) is 14.3. The Morgan fingerprint density at radius 1 is 0.980 bits per heavy atom. The number of nitrogens with one attached hydrogen (secondary N) is 4. The number of carbonyl (C=O) groups is 4. The number of imide groups is 1. The molecular weight excluding hydrogens is 620 g/mol. The molecule has 1 aromatic carbocycles. The number of nitrogens with zero attached hydrogens (tertiary/aromatic N) is 3. The molecule has 0 spiro atoms. The molecule has 0 radical (unpaired) electrons. The average molecular weight is 667 g/mol. The van der Waals surface area contributed by atoms with E-state index in [4.69, 9.17) is 11.1 Å². The number of rotatable bonds is 16. The summed E-state index contributed by atoms with van der Waals surface area (Å²) in [5.41, 5.74) is 10.1. The second kappa shape index (κ2) is 14.1. The quantitative estimate of drug-likeness (QED) is 0.101. The van der Waals surface area contributed by atoms with Crippen LogP contribution in [0, 0.1) is 17.2 Å². The number of fused-ring (bicyclic) bond motifs is 1. The molecule has 12 nitrogen and oxygen atoms in total. The Kier molecular flexibility index (Phi) is 9.48. The van der Waals surface area contributed by atoms with Crippen molar-refractivity contribution in [1.82, 2.24) is 20.1 Å². The molecule has 258 valence electrons. The first kappa shape index (κ1) is 32.9. The summed E-state index contributed by atoms with van der Waals surface area (Å²) in [6, 6.07) is 9.55. The van der Waals surface area contributed by atoms with E-state index in [1.807, 2.05) is 18.5 Å². The number of hydrogen-bond donors (Lipinski definition) is 5. The number of aromatic nitrogens is 1. The van der Waals surface area contributed by atoms with Gasteiger partial charge in [-0.25, -0.2) is 0 Å². The Balaban J connectivity index is 0.923. The zero-order valence-electron chi connectivity index (χ0n) is 27.8. The largest absolute Gasteiger partial charge is 0.388 e. The fraction of sp³-hybridized carbons (Fsp3) is 0.514. The Bertz CT molecular complexity index is 1650. The van der Waals surface area contributed by atoms with Gasteiger partial charge in [-0.1, -0.05) is 0 Å². The third-order valence-corrected chi connectivity index (χ3v) is 10.7. The van der Waals surface area contributed by atoms with E-state index in [9.17, 15) is 19.2 Å². The molecule has 7 rings (SSSR count). The number of piperidine rings is 1. The van der Waals surface area contributed by atoms with Crippen LogP contribution >= 0.6 is 0 Å². The van der Waals surface area contributed by atoms with Gasteiger partial charge in [0.15, 0.2) is 0 Å². The molecule has 49 heavy (non-hydrogen) atoms. The molecule has 2 aliphatic heterocycles. The molecule has 6 N–H and O–H groups in total. The van der Waals surface area contributed by atoms with Gasteiger partial charge in [0.05, 0.1) is 16.8 Å². The van der Waals surface area contributed by atoms with Gasteiger partial charge >= 0.3 is 0 Å². The van der Waals surface area contributed by atoms with Gasteiger partial charge in [0.1, 0.15) is 12.3 Å². The highest BCUT2D eigenvalue weighted by Crippen LogP contribution is 2.36. The normalized spacial score (nSPS) is 23.4. The zero-order valence-corrected chi connectivity index (χ0v) is 27.8. The van der Waals surface area contributed by atoms with Gasteiger partial charge in [-0.2, -0.15) is 0 Å². The fourth-order valence-electron chi connectivity index (χ4n) is 7.41. The second-order valence-electron chi connectivity index (χ2n) is 14.3. The summed E-state index contributed by atoms with van der Waals surface area (Å²) in [5, 5.41) is 19.6. The van der Waals surface area contributed by atoms with Gasteiger partial charge in [0, 0.05) is 85.2 Å². The van der Waals surface area contributed by atoms with E-state index in [1.54, 1.807) is 18.2 Å². The standard InChI is InChI=1S/C37H46N8O4/c38-34(23-3-4-23)31(32-19-26(9-12-40-32)43-24-10-13-44(14-11-24)28-6-7-28)21-42-27-16-22(17-27)20-41-25-5-8-29-30(18-25)37(49)45(36(29)48)33(35(39)47)2-1-15-46/h5,8-9,12,15,18-19,21-24,27-28,33,38,41-42H,1-4,6-7,10-11,13-14,16-17,20H2,(H2,39,47)(H,40,43)/b31-21-,38-34?. The Morgan fingerprint density at radius 2 is 1.73 bits per heavy atom. The van der Waals surface area contributed by atoms with Crippen molar-refractivity contribution in [3.63, 3.8) is 0 Å². The Morgan fingerprint density at radius 3 is 2.43 bits per heavy atom. The predicted octanol–water partition coefficient (Wildman–Crippen LogP) is 3.80. The van der Waals surface area contributed by atoms with Crippen molar-refractivity contribution in [3.8, 4) is 0 Å². The van der Waals surface area contributed by atoms with Crippen LogP contribution in [0.5, 0.6) is 0 Å². The molecule has 3 saturated carbocycles. The Hall–Kier alpha value is -4.58. The predicted molar refractivity (Wildman–Crippen MR) is 187 cm³/mol. The van der Waals surface area contributed by atoms with Gasteiger partial charge in [-0.3, -0.25) is 24.3 Å². The van der Waals surface area contributed by atoms with Crippen molar-refractivity contribution in [2.24, 2.45) is 17.6 Å². The summed E-state index contributed by atoms with van der Waals surface area (Å²) < 4.78 is 0. The van der Waals surface area contributed by atoms with E-state index in [1.165, 1.54) is 12.8 Å². The number of likely N-dealkylation sites (tertiary alicyclic amines) is 1. The van der Waals surface area contributed by atoms with Crippen molar-refractivity contribution in [2.75, 3.05) is 30.3 Å². The van der Waals surface area contributed by atoms with Crippen molar-refractivity contribution in [2.45, 2.75) is 88.4 Å². The lowest BCUT2D eigenvalue weighted by Crippen LogP contribution is -2.47. The first-order valence-electron chi connectivity index (χ1n) is 17.8. The number of allylic oxidation sites excluding steroid dienone is 1. The molecule has 3 aliphatic carbocycles. The molecule has 1 atom stereocenters. The number of primary amides is 1. The molecule has 1 aromatic heterocycles. The third kappa shape index (κ3) is 7.39. The van der Waals surface area contributed by atoms with Gasteiger partial charge in [-0.15, -0.1) is 0 Å². The lowest BCUT2D eigenvalue weighted by molar-refractivity contribution is -0.122. The monoisotopic (exact) mass is 666 g/mol. The van der Waals surface area contributed by atoms with Gasteiger partial charge in [-0.05, 0) is 94.0 Å². The van der Waals surface area contributed by atoms with Crippen LogP contribution in [0.2, 0.25) is 0 Å². The molecule has 1 unspecified atom stereocenters. The summed E-state index contributed by atoms with van der Waals surface area (Å²) >= 11 is 0.